The van der Waals surface area contributed by atoms with E-state index >= 15 is 0 Å². The van der Waals surface area contributed by atoms with Crippen molar-refractivity contribution in [1.82, 2.24) is 0 Å². The first-order valence-corrected chi connectivity index (χ1v) is 22.7. The van der Waals surface area contributed by atoms with Gasteiger partial charge in [-0.1, -0.05) is 244 Å². The van der Waals surface area contributed by atoms with Crippen LogP contribution in [0.3, 0.4) is 0 Å². The molecule has 8 aromatic rings. The molecule has 0 saturated carbocycles. The van der Waals surface area contributed by atoms with Crippen LogP contribution in [0.1, 0.15) is 38.5 Å². The predicted octanol–water partition coefficient (Wildman–Crippen LogP) is 11.8. The highest BCUT2D eigenvalue weighted by atomic mass is 31.1. The SMILES string of the molecule is [B]1C2CCCC1CCC2.c1ccc(P(c2ccccc2)c2ccc3ccccc3c2-c2c(P(c3ccccc3)c3ccccc3)ccc3ccccc23)cc1. The van der Waals surface area contributed by atoms with E-state index in [4.69, 9.17) is 0 Å². The van der Waals surface area contributed by atoms with Gasteiger partial charge in [0.2, 0.25) is 0 Å². The van der Waals surface area contributed by atoms with Crippen molar-refractivity contribution in [1.29, 1.82) is 0 Å². The Hall–Kier alpha value is -4.80. The van der Waals surface area contributed by atoms with Crippen molar-refractivity contribution in [2.45, 2.75) is 50.2 Å². The summed E-state index contributed by atoms with van der Waals surface area (Å²) in [6.07, 6.45) is 9.00. The molecule has 0 aromatic heterocycles. The van der Waals surface area contributed by atoms with Gasteiger partial charge in [0.05, 0.1) is 0 Å². The molecule has 2 aliphatic heterocycles. The van der Waals surface area contributed by atoms with Crippen molar-refractivity contribution in [2.24, 2.45) is 0 Å². The van der Waals surface area contributed by atoms with Gasteiger partial charge in [0.1, 0.15) is 7.28 Å². The van der Waals surface area contributed by atoms with Gasteiger partial charge in [-0.3, -0.25) is 0 Å². The van der Waals surface area contributed by atoms with Crippen LogP contribution < -0.4 is 31.8 Å². The number of fused-ring (bicyclic) bond motifs is 4. The number of hydrogen-bond donors (Lipinski definition) is 0. The van der Waals surface area contributed by atoms with Gasteiger partial charge in [0.15, 0.2) is 0 Å². The van der Waals surface area contributed by atoms with E-state index in [1.165, 1.54) is 103 Å². The maximum absolute atomic E-state index is 2.62. The summed E-state index contributed by atoms with van der Waals surface area (Å²) in [5.74, 6) is 2.05. The maximum Gasteiger partial charge on any atom is 0.117 e. The molecule has 0 amide bonds. The van der Waals surface area contributed by atoms with Crippen LogP contribution >= 0.6 is 15.8 Å². The molecule has 2 aliphatic rings. The third-order valence-electron chi connectivity index (χ3n) is 11.4. The molecule has 3 heteroatoms. The van der Waals surface area contributed by atoms with Crippen molar-refractivity contribution < 1.29 is 0 Å². The zero-order valence-electron chi connectivity index (χ0n) is 31.3. The first-order chi connectivity index (χ1) is 27.3. The highest BCUT2D eigenvalue weighted by Gasteiger charge is 2.28. The first kappa shape index (κ1) is 35.9. The standard InChI is InChI=1S/C44H32P2.C8H14B/c1-5-19-35(20-6-1)45(36-21-7-2-8-22-36)41-31-29-33-17-13-15-27-39(33)43(41)44-40-28-16-14-18-34(40)30-32-42(44)46(37-23-9-3-10-24-37)38-25-11-4-12-26-38;1-3-7-5-2-6-8(4-1)9-7/h1-32H;7-8H,1-6H2. The van der Waals surface area contributed by atoms with Gasteiger partial charge in [-0.15, -0.1) is 0 Å². The van der Waals surface area contributed by atoms with E-state index in [-0.39, 0.29) is 0 Å². The summed E-state index contributed by atoms with van der Waals surface area (Å²) >= 11 is 0. The molecular weight excluding hydrogens is 697 g/mol. The molecule has 0 spiro atoms. The molecule has 0 unspecified atom stereocenters. The minimum absolute atomic E-state index is 0.852. The molecule has 2 saturated heterocycles. The fourth-order valence-electron chi connectivity index (χ4n) is 8.92. The molecule has 2 heterocycles. The lowest BCUT2D eigenvalue weighted by molar-refractivity contribution is 0.455. The van der Waals surface area contributed by atoms with Crippen molar-refractivity contribution in [3.63, 3.8) is 0 Å². The summed E-state index contributed by atoms with van der Waals surface area (Å²) in [6.45, 7) is 0. The summed E-state index contributed by atoms with van der Waals surface area (Å²) in [4.78, 5) is 0. The number of rotatable bonds is 7. The Morgan fingerprint density at radius 1 is 0.327 bits per heavy atom. The normalized spacial score (nSPS) is 16.4. The third-order valence-corrected chi connectivity index (χ3v) is 16.4. The molecule has 0 aliphatic carbocycles. The van der Waals surface area contributed by atoms with Crippen LogP contribution in [0.4, 0.5) is 0 Å². The van der Waals surface area contributed by atoms with Crippen molar-refractivity contribution in [3.05, 3.63) is 194 Å². The van der Waals surface area contributed by atoms with Gasteiger partial charge in [-0.25, -0.2) is 0 Å². The van der Waals surface area contributed by atoms with Crippen LogP contribution in [-0.2, 0) is 0 Å². The fraction of sp³-hybridized carbons (Fsp3) is 0.154. The molecule has 2 fully saturated rings. The lowest BCUT2D eigenvalue weighted by atomic mass is 9.44. The molecule has 0 N–H and O–H groups in total. The fourth-order valence-corrected chi connectivity index (χ4v) is 13.9. The molecule has 55 heavy (non-hydrogen) atoms. The van der Waals surface area contributed by atoms with E-state index < -0.39 is 15.8 Å². The van der Waals surface area contributed by atoms with Gasteiger partial charge in [0.25, 0.3) is 0 Å². The molecule has 10 rings (SSSR count). The van der Waals surface area contributed by atoms with Crippen molar-refractivity contribution >= 4 is 76.5 Å². The minimum atomic E-state index is -0.852. The summed E-state index contributed by atoms with van der Waals surface area (Å²) in [5, 5.41) is 13.3. The molecule has 0 atom stereocenters. The maximum atomic E-state index is 2.62. The largest absolute Gasteiger partial charge is 0.117 e. The average molecular weight is 744 g/mol. The topological polar surface area (TPSA) is 0 Å². The van der Waals surface area contributed by atoms with Crippen molar-refractivity contribution in [2.75, 3.05) is 0 Å². The zero-order valence-corrected chi connectivity index (χ0v) is 33.1. The molecule has 1 radical (unpaired) electrons. The molecule has 2 bridgehead atoms. The Balaban J connectivity index is 0.000000385. The van der Waals surface area contributed by atoms with Gasteiger partial charge in [-0.05, 0) is 80.3 Å². The lowest BCUT2D eigenvalue weighted by Gasteiger charge is -2.33. The second kappa shape index (κ2) is 16.9. The Morgan fingerprint density at radius 2 is 0.636 bits per heavy atom. The Kier molecular flexibility index (Phi) is 11.0. The smallest absolute Gasteiger partial charge is 0.0686 e. The van der Waals surface area contributed by atoms with Crippen LogP contribution in [0.2, 0.25) is 11.6 Å². The average Bonchev–Trinajstić information content (AvgIpc) is 3.26. The quantitative estimate of drug-likeness (QED) is 0.113. The number of benzene rings is 8. The van der Waals surface area contributed by atoms with Crippen LogP contribution in [0.25, 0.3) is 32.7 Å². The molecular formula is C52H46BP2. The predicted molar refractivity (Wildman–Crippen MR) is 245 cm³/mol. The lowest BCUT2D eigenvalue weighted by Crippen LogP contribution is -2.26. The van der Waals surface area contributed by atoms with E-state index in [1.807, 2.05) is 0 Å². The van der Waals surface area contributed by atoms with E-state index in [0.717, 1.165) is 11.6 Å². The molecule has 0 nitrogen and oxygen atoms in total. The van der Waals surface area contributed by atoms with E-state index in [9.17, 15) is 0 Å². The summed E-state index contributed by atoms with van der Waals surface area (Å²) in [6, 6.07) is 71.8. The van der Waals surface area contributed by atoms with E-state index in [1.54, 1.807) is 0 Å². The van der Waals surface area contributed by atoms with E-state index in [0.29, 0.717) is 0 Å². The summed E-state index contributed by atoms with van der Waals surface area (Å²) < 4.78 is 0. The zero-order chi connectivity index (χ0) is 36.8. The van der Waals surface area contributed by atoms with Crippen LogP contribution in [0.15, 0.2) is 194 Å². The summed E-state index contributed by atoms with van der Waals surface area (Å²) in [7, 11) is 0.914. The Labute approximate surface area is 330 Å². The second-order valence-corrected chi connectivity index (χ2v) is 19.3. The first-order valence-electron chi connectivity index (χ1n) is 20.0. The Bertz CT molecular complexity index is 2220. The van der Waals surface area contributed by atoms with Crippen LogP contribution in [-0.4, -0.2) is 7.28 Å². The van der Waals surface area contributed by atoms with Gasteiger partial charge in [0, 0.05) is 0 Å². The monoisotopic (exact) mass is 743 g/mol. The highest BCUT2D eigenvalue weighted by Crippen LogP contribution is 2.46. The van der Waals surface area contributed by atoms with Crippen LogP contribution in [0.5, 0.6) is 0 Å². The third kappa shape index (κ3) is 7.72. The van der Waals surface area contributed by atoms with Gasteiger partial charge >= 0.3 is 0 Å². The van der Waals surface area contributed by atoms with Crippen molar-refractivity contribution in [3.8, 4) is 11.1 Å². The molecule has 267 valence electrons. The second-order valence-electron chi connectivity index (χ2n) is 14.9. The van der Waals surface area contributed by atoms with Gasteiger partial charge in [-0.2, -0.15) is 0 Å². The van der Waals surface area contributed by atoms with Crippen LogP contribution in [0, 0.1) is 0 Å². The number of hydrogen-bond acceptors (Lipinski definition) is 0. The minimum Gasteiger partial charge on any atom is -0.0686 e. The van der Waals surface area contributed by atoms with E-state index in [2.05, 4.69) is 201 Å². The highest BCUT2D eigenvalue weighted by molar-refractivity contribution is 7.80. The Morgan fingerprint density at radius 3 is 0.964 bits per heavy atom. The molecule has 8 aromatic carbocycles. The summed E-state index contributed by atoms with van der Waals surface area (Å²) in [5.41, 5.74) is 2.70. The van der Waals surface area contributed by atoms with Gasteiger partial charge < -0.3 is 0 Å².